The fourth-order valence-corrected chi connectivity index (χ4v) is 6.13. The van der Waals surface area contributed by atoms with Crippen molar-refractivity contribution >= 4 is 21.5 Å². The quantitative estimate of drug-likeness (QED) is 0.242. The summed E-state index contributed by atoms with van der Waals surface area (Å²) in [4.78, 5) is 0. The number of ether oxygens (including phenoxy) is 2. The molecule has 0 fully saturated rings. The summed E-state index contributed by atoms with van der Waals surface area (Å²) >= 11 is 0. The summed E-state index contributed by atoms with van der Waals surface area (Å²) in [5, 5.41) is 4.86. The molecule has 0 N–H and O–H groups in total. The zero-order valence-corrected chi connectivity index (χ0v) is 22.6. The van der Waals surface area contributed by atoms with Gasteiger partial charge >= 0.3 is 0 Å². The molecule has 0 aliphatic rings. The zero-order valence-electron chi connectivity index (χ0n) is 22.6. The highest BCUT2D eigenvalue weighted by atomic mass is 16.5. The number of benzene rings is 5. The molecule has 0 amide bonds. The SMILES string of the molecule is COc1ccc2c(-c3c(C)cc(C)cc3C)c3cc(OC)ccc3c(-c3c(C)cc(C)cc3C)c2c1. The summed E-state index contributed by atoms with van der Waals surface area (Å²) in [7, 11) is 3.48. The standard InChI is InChI=1S/C34H34O2/c1-19-13-21(3)31(22(4)14-19)33-27-11-9-26(36-8)18-30(27)34(28-12-10-25(35-7)17-29(28)33)32-23(5)15-20(2)16-24(32)6/h9-18H,1-8H3. The summed E-state index contributed by atoms with van der Waals surface area (Å²) < 4.78 is 11.5. The van der Waals surface area contributed by atoms with Gasteiger partial charge in [0.2, 0.25) is 0 Å². The Kier molecular flexibility index (Phi) is 6.00. The largest absolute Gasteiger partial charge is 0.497 e. The Labute approximate surface area is 214 Å². The second-order valence-corrected chi connectivity index (χ2v) is 10.1. The molecule has 0 saturated carbocycles. The van der Waals surface area contributed by atoms with E-state index in [0.29, 0.717) is 0 Å². The first kappa shape index (κ1) is 23.9. The van der Waals surface area contributed by atoms with E-state index in [4.69, 9.17) is 9.47 Å². The smallest absolute Gasteiger partial charge is 0.119 e. The van der Waals surface area contributed by atoms with Crippen LogP contribution in [0.3, 0.4) is 0 Å². The molecule has 0 aliphatic heterocycles. The molecule has 5 aromatic carbocycles. The molecule has 2 nitrogen and oxygen atoms in total. The second kappa shape index (κ2) is 9.02. The predicted molar refractivity (Wildman–Crippen MR) is 154 cm³/mol. The molecule has 182 valence electrons. The summed E-state index contributed by atoms with van der Waals surface area (Å²) in [6.07, 6.45) is 0. The van der Waals surface area contributed by atoms with Crippen LogP contribution in [0.2, 0.25) is 0 Å². The topological polar surface area (TPSA) is 18.5 Å². The van der Waals surface area contributed by atoms with E-state index >= 15 is 0 Å². The van der Waals surface area contributed by atoms with Crippen molar-refractivity contribution in [2.24, 2.45) is 0 Å². The van der Waals surface area contributed by atoms with Crippen molar-refractivity contribution < 1.29 is 9.47 Å². The van der Waals surface area contributed by atoms with Crippen LogP contribution in [0.1, 0.15) is 33.4 Å². The third kappa shape index (κ3) is 3.82. The third-order valence-electron chi connectivity index (χ3n) is 7.38. The van der Waals surface area contributed by atoms with E-state index in [9.17, 15) is 0 Å². The highest BCUT2D eigenvalue weighted by molar-refractivity contribution is 6.22. The highest BCUT2D eigenvalue weighted by Gasteiger charge is 2.22. The molecule has 0 radical (unpaired) electrons. The number of fused-ring (bicyclic) bond motifs is 2. The van der Waals surface area contributed by atoms with Crippen molar-refractivity contribution in [2.45, 2.75) is 41.5 Å². The minimum absolute atomic E-state index is 0.863. The van der Waals surface area contributed by atoms with Gasteiger partial charge in [-0.1, -0.05) is 47.5 Å². The molecule has 0 spiro atoms. The van der Waals surface area contributed by atoms with Gasteiger partial charge in [-0.2, -0.15) is 0 Å². The van der Waals surface area contributed by atoms with Crippen molar-refractivity contribution in [3.05, 3.63) is 94.0 Å². The molecule has 5 rings (SSSR count). The predicted octanol–water partition coefficient (Wildman–Crippen LogP) is 9.19. The first-order chi connectivity index (χ1) is 17.2. The fourth-order valence-electron chi connectivity index (χ4n) is 6.13. The van der Waals surface area contributed by atoms with Crippen molar-refractivity contribution in [3.63, 3.8) is 0 Å². The van der Waals surface area contributed by atoms with Crippen LogP contribution in [0.5, 0.6) is 11.5 Å². The average molecular weight is 475 g/mol. The van der Waals surface area contributed by atoms with Crippen LogP contribution in [0.15, 0.2) is 60.7 Å². The van der Waals surface area contributed by atoms with E-state index in [1.165, 1.54) is 77.2 Å². The van der Waals surface area contributed by atoms with Crippen LogP contribution in [0, 0.1) is 41.5 Å². The highest BCUT2D eigenvalue weighted by Crippen LogP contribution is 2.48. The number of aryl methyl sites for hydroxylation is 6. The van der Waals surface area contributed by atoms with E-state index in [0.717, 1.165) is 11.5 Å². The van der Waals surface area contributed by atoms with Crippen molar-refractivity contribution in [2.75, 3.05) is 14.2 Å². The molecule has 0 aromatic heterocycles. The number of hydrogen-bond acceptors (Lipinski definition) is 2. The fraction of sp³-hybridized carbons (Fsp3) is 0.235. The van der Waals surface area contributed by atoms with Crippen LogP contribution in [-0.4, -0.2) is 14.2 Å². The van der Waals surface area contributed by atoms with Gasteiger partial charge in [0.05, 0.1) is 14.2 Å². The Bertz CT molecular complexity index is 1490. The Morgan fingerprint density at radius 1 is 0.389 bits per heavy atom. The van der Waals surface area contributed by atoms with Gasteiger partial charge in [-0.25, -0.2) is 0 Å². The lowest BCUT2D eigenvalue weighted by molar-refractivity contribution is 0.415. The lowest BCUT2D eigenvalue weighted by atomic mass is 9.81. The van der Waals surface area contributed by atoms with E-state index in [1.54, 1.807) is 14.2 Å². The monoisotopic (exact) mass is 474 g/mol. The summed E-state index contributed by atoms with van der Waals surface area (Å²) in [6.45, 7) is 13.2. The van der Waals surface area contributed by atoms with Gasteiger partial charge in [-0.15, -0.1) is 0 Å². The molecule has 0 heterocycles. The molecule has 0 saturated heterocycles. The lowest BCUT2D eigenvalue weighted by Gasteiger charge is -2.23. The van der Waals surface area contributed by atoms with Crippen LogP contribution >= 0.6 is 0 Å². The molecule has 0 bridgehead atoms. The first-order valence-electron chi connectivity index (χ1n) is 12.5. The van der Waals surface area contributed by atoms with E-state index in [-0.39, 0.29) is 0 Å². The van der Waals surface area contributed by atoms with Crippen molar-refractivity contribution in [1.29, 1.82) is 0 Å². The van der Waals surface area contributed by atoms with Crippen LogP contribution in [0.4, 0.5) is 0 Å². The molecule has 0 atom stereocenters. The molecular formula is C34H34O2. The van der Waals surface area contributed by atoms with E-state index in [1.807, 2.05) is 0 Å². The number of rotatable bonds is 4. The minimum atomic E-state index is 0.863. The van der Waals surface area contributed by atoms with Gasteiger partial charge in [0, 0.05) is 0 Å². The van der Waals surface area contributed by atoms with Gasteiger partial charge in [0.25, 0.3) is 0 Å². The van der Waals surface area contributed by atoms with E-state index < -0.39 is 0 Å². The molecule has 0 aliphatic carbocycles. The molecular weight excluding hydrogens is 440 g/mol. The molecule has 36 heavy (non-hydrogen) atoms. The maximum absolute atomic E-state index is 5.73. The van der Waals surface area contributed by atoms with Crippen LogP contribution in [-0.2, 0) is 0 Å². The van der Waals surface area contributed by atoms with Crippen molar-refractivity contribution in [3.8, 4) is 33.8 Å². The Morgan fingerprint density at radius 3 is 1.03 bits per heavy atom. The summed E-state index contributed by atoms with van der Waals surface area (Å²) in [5.74, 6) is 1.73. The number of methoxy groups -OCH3 is 2. The lowest BCUT2D eigenvalue weighted by Crippen LogP contribution is -1.98. The molecule has 0 unspecified atom stereocenters. The maximum atomic E-state index is 5.73. The van der Waals surface area contributed by atoms with E-state index in [2.05, 4.69) is 102 Å². The third-order valence-corrected chi connectivity index (χ3v) is 7.38. The zero-order chi connectivity index (χ0) is 25.7. The van der Waals surface area contributed by atoms with Crippen LogP contribution < -0.4 is 9.47 Å². The van der Waals surface area contributed by atoms with Gasteiger partial charge < -0.3 is 9.47 Å². The molecule has 2 heteroatoms. The van der Waals surface area contributed by atoms with Crippen molar-refractivity contribution in [1.82, 2.24) is 0 Å². The summed E-state index contributed by atoms with van der Waals surface area (Å²) in [5.41, 5.74) is 12.8. The maximum Gasteiger partial charge on any atom is 0.119 e. The Hall–Kier alpha value is -3.78. The van der Waals surface area contributed by atoms with Gasteiger partial charge in [0.1, 0.15) is 11.5 Å². The Morgan fingerprint density at radius 2 is 0.722 bits per heavy atom. The number of hydrogen-bond donors (Lipinski definition) is 0. The Balaban J connectivity index is 2.08. The second-order valence-electron chi connectivity index (χ2n) is 10.1. The summed E-state index contributed by atoms with van der Waals surface area (Å²) in [6, 6.07) is 22.2. The average Bonchev–Trinajstić information content (AvgIpc) is 2.83. The van der Waals surface area contributed by atoms with Crippen LogP contribution in [0.25, 0.3) is 43.8 Å². The van der Waals surface area contributed by atoms with Gasteiger partial charge in [-0.3, -0.25) is 0 Å². The normalized spacial score (nSPS) is 11.3. The molecule has 5 aromatic rings. The minimum Gasteiger partial charge on any atom is -0.497 e. The van der Waals surface area contributed by atoms with Gasteiger partial charge in [-0.05, 0) is 132 Å². The van der Waals surface area contributed by atoms with Gasteiger partial charge in [0.15, 0.2) is 0 Å². The first-order valence-corrected chi connectivity index (χ1v) is 12.5.